The SMILES string of the molecule is CC(C)Nc1cc(N2C3COCC2COC3)nc(-c2ccc(NC(=O)Nc3ccc(N4CCN(C)CC4)cc3)cc2)n1. The summed E-state index contributed by atoms with van der Waals surface area (Å²) in [4.78, 5) is 29.5. The zero-order valence-electron chi connectivity index (χ0n) is 24.5. The van der Waals surface area contributed by atoms with E-state index in [2.05, 4.69) is 63.7 Å². The summed E-state index contributed by atoms with van der Waals surface area (Å²) in [6.07, 6.45) is 0. The molecule has 0 atom stereocenters. The minimum absolute atomic E-state index is 0.125. The molecule has 3 N–H and O–H groups in total. The van der Waals surface area contributed by atoms with Crippen molar-refractivity contribution in [3.63, 3.8) is 0 Å². The number of hydrogen-bond acceptors (Lipinski definition) is 9. The summed E-state index contributed by atoms with van der Waals surface area (Å²) < 4.78 is 11.6. The molecule has 222 valence electrons. The van der Waals surface area contributed by atoms with Crippen molar-refractivity contribution in [1.29, 1.82) is 0 Å². The number of likely N-dealkylation sites (N-methyl/N-ethyl adjacent to an activating group) is 1. The second-order valence-electron chi connectivity index (χ2n) is 11.5. The Morgan fingerprint density at radius 2 is 1.40 bits per heavy atom. The molecule has 0 saturated carbocycles. The Kier molecular flexibility index (Phi) is 8.41. The average molecular weight is 573 g/mol. The first-order valence-corrected chi connectivity index (χ1v) is 14.7. The summed E-state index contributed by atoms with van der Waals surface area (Å²) in [5, 5.41) is 9.29. The van der Waals surface area contributed by atoms with Crippen LogP contribution in [0.5, 0.6) is 0 Å². The summed E-state index contributed by atoms with van der Waals surface area (Å²) in [6, 6.07) is 17.8. The number of fused-ring (bicyclic) bond motifs is 2. The number of aromatic nitrogens is 2. The van der Waals surface area contributed by atoms with Crippen LogP contribution in [-0.4, -0.2) is 98.7 Å². The van der Waals surface area contributed by atoms with Crippen molar-refractivity contribution in [3.05, 3.63) is 54.6 Å². The van der Waals surface area contributed by atoms with E-state index in [-0.39, 0.29) is 24.2 Å². The second-order valence-corrected chi connectivity index (χ2v) is 11.5. The van der Waals surface area contributed by atoms with Crippen LogP contribution in [0, 0.1) is 0 Å². The highest BCUT2D eigenvalue weighted by Gasteiger charge is 2.36. The van der Waals surface area contributed by atoms with Crippen LogP contribution in [0.3, 0.4) is 0 Å². The summed E-state index contributed by atoms with van der Waals surface area (Å²) in [7, 11) is 2.15. The highest BCUT2D eigenvalue weighted by molar-refractivity contribution is 6.00. The van der Waals surface area contributed by atoms with E-state index in [4.69, 9.17) is 19.4 Å². The zero-order valence-corrected chi connectivity index (χ0v) is 24.5. The van der Waals surface area contributed by atoms with Gasteiger partial charge in [0, 0.05) is 60.9 Å². The van der Waals surface area contributed by atoms with E-state index in [1.165, 1.54) is 5.69 Å². The van der Waals surface area contributed by atoms with Gasteiger partial charge in [0.1, 0.15) is 11.6 Å². The van der Waals surface area contributed by atoms with Crippen molar-refractivity contribution in [3.8, 4) is 11.4 Å². The number of nitrogens with zero attached hydrogens (tertiary/aromatic N) is 5. The topological polar surface area (TPSA) is 107 Å². The number of anilines is 5. The smallest absolute Gasteiger partial charge is 0.323 e. The van der Waals surface area contributed by atoms with Gasteiger partial charge in [0.25, 0.3) is 0 Å². The number of carbonyl (C=O) groups excluding carboxylic acids is 1. The fourth-order valence-corrected chi connectivity index (χ4v) is 5.65. The van der Waals surface area contributed by atoms with Crippen molar-refractivity contribution in [2.24, 2.45) is 0 Å². The summed E-state index contributed by atoms with van der Waals surface area (Å²) in [5.74, 6) is 2.26. The van der Waals surface area contributed by atoms with E-state index < -0.39 is 0 Å². The molecule has 3 fully saturated rings. The number of ether oxygens (including phenoxy) is 2. The van der Waals surface area contributed by atoms with E-state index in [0.717, 1.165) is 49.1 Å². The lowest BCUT2D eigenvalue weighted by molar-refractivity contribution is -0.0350. The lowest BCUT2D eigenvalue weighted by atomic mass is 10.1. The van der Waals surface area contributed by atoms with Gasteiger partial charge in [-0.25, -0.2) is 14.8 Å². The number of nitrogens with one attached hydrogen (secondary N) is 3. The molecule has 0 radical (unpaired) electrons. The highest BCUT2D eigenvalue weighted by Crippen LogP contribution is 2.30. The lowest BCUT2D eigenvalue weighted by Gasteiger charge is -2.46. The highest BCUT2D eigenvalue weighted by atomic mass is 16.5. The Bertz CT molecular complexity index is 1340. The molecule has 42 heavy (non-hydrogen) atoms. The van der Waals surface area contributed by atoms with Gasteiger partial charge in [0.2, 0.25) is 0 Å². The minimum atomic E-state index is -0.294. The maximum absolute atomic E-state index is 12.7. The molecule has 2 aromatic carbocycles. The maximum Gasteiger partial charge on any atom is 0.323 e. The molecule has 3 saturated heterocycles. The predicted molar refractivity (Wildman–Crippen MR) is 167 cm³/mol. The molecule has 3 aliphatic rings. The number of urea groups is 1. The van der Waals surface area contributed by atoms with Gasteiger partial charge in [-0.1, -0.05) is 0 Å². The van der Waals surface area contributed by atoms with Crippen LogP contribution in [0.2, 0.25) is 0 Å². The van der Waals surface area contributed by atoms with Gasteiger partial charge in [-0.2, -0.15) is 0 Å². The van der Waals surface area contributed by atoms with Crippen molar-refractivity contribution in [2.75, 3.05) is 85.4 Å². The lowest BCUT2D eigenvalue weighted by Crippen LogP contribution is -2.60. The maximum atomic E-state index is 12.7. The Morgan fingerprint density at radius 1 is 0.833 bits per heavy atom. The number of piperazine rings is 1. The average Bonchev–Trinajstić information content (AvgIpc) is 2.97. The van der Waals surface area contributed by atoms with Crippen LogP contribution >= 0.6 is 0 Å². The van der Waals surface area contributed by atoms with Crippen LogP contribution in [-0.2, 0) is 9.47 Å². The molecule has 3 aromatic rings. The molecule has 2 bridgehead atoms. The van der Waals surface area contributed by atoms with Crippen LogP contribution in [0.1, 0.15) is 13.8 Å². The molecule has 11 heteroatoms. The number of morpholine rings is 2. The van der Waals surface area contributed by atoms with Gasteiger partial charge in [0.15, 0.2) is 5.82 Å². The third-order valence-electron chi connectivity index (χ3n) is 7.84. The first-order chi connectivity index (χ1) is 20.4. The van der Waals surface area contributed by atoms with Crippen LogP contribution < -0.4 is 25.8 Å². The van der Waals surface area contributed by atoms with Gasteiger partial charge >= 0.3 is 6.03 Å². The standard InChI is InChI=1S/C31H40N8O3/c1-21(2)32-28-16-29(39-26-17-41-19-27(39)20-42-18-26)36-30(35-28)22-4-6-23(7-5-22)33-31(40)34-24-8-10-25(11-9-24)38-14-12-37(3)13-15-38/h4-11,16,21,26-27H,12-15,17-20H2,1-3H3,(H,32,35,36)(H2,33,34,40). The molecule has 0 spiro atoms. The van der Waals surface area contributed by atoms with Crippen LogP contribution in [0.15, 0.2) is 54.6 Å². The third-order valence-corrected chi connectivity index (χ3v) is 7.84. The van der Waals surface area contributed by atoms with Crippen molar-refractivity contribution >= 4 is 34.7 Å². The summed E-state index contributed by atoms with van der Waals surface area (Å²) >= 11 is 0. The Morgan fingerprint density at radius 3 is 1.98 bits per heavy atom. The second kappa shape index (κ2) is 12.5. The molecule has 2 amide bonds. The molecule has 0 aliphatic carbocycles. The van der Waals surface area contributed by atoms with Gasteiger partial charge in [-0.15, -0.1) is 0 Å². The van der Waals surface area contributed by atoms with Gasteiger partial charge in [0.05, 0.1) is 38.5 Å². The fourth-order valence-electron chi connectivity index (χ4n) is 5.65. The Hall–Kier alpha value is -3.93. The number of hydrogen-bond donors (Lipinski definition) is 3. The van der Waals surface area contributed by atoms with Gasteiger partial charge in [-0.3, -0.25) is 0 Å². The van der Waals surface area contributed by atoms with Gasteiger partial charge in [-0.05, 0) is 69.4 Å². The van der Waals surface area contributed by atoms with Crippen LogP contribution in [0.25, 0.3) is 11.4 Å². The predicted octanol–water partition coefficient (Wildman–Crippen LogP) is 3.96. The molecule has 3 aliphatic heterocycles. The first kappa shape index (κ1) is 28.2. The monoisotopic (exact) mass is 572 g/mol. The summed E-state index contributed by atoms with van der Waals surface area (Å²) in [6.45, 7) is 10.8. The molecule has 11 nitrogen and oxygen atoms in total. The van der Waals surface area contributed by atoms with E-state index >= 15 is 0 Å². The number of carbonyl (C=O) groups is 1. The summed E-state index contributed by atoms with van der Waals surface area (Å²) in [5.41, 5.74) is 3.47. The Labute approximate surface area is 247 Å². The van der Waals surface area contributed by atoms with Crippen LogP contribution in [0.4, 0.5) is 33.5 Å². The molecule has 6 rings (SSSR count). The quantitative estimate of drug-likeness (QED) is 0.388. The first-order valence-electron chi connectivity index (χ1n) is 14.7. The normalized spacial score (nSPS) is 20.9. The zero-order chi connectivity index (χ0) is 29.1. The van der Waals surface area contributed by atoms with E-state index in [0.29, 0.717) is 37.9 Å². The minimum Gasteiger partial charge on any atom is -0.377 e. The fraction of sp³-hybridized carbons (Fsp3) is 0.452. The number of benzene rings is 2. The Balaban J connectivity index is 1.13. The largest absolute Gasteiger partial charge is 0.377 e. The van der Waals surface area contributed by atoms with E-state index in [1.807, 2.05) is 42.5 Å². The number of amides is 2. The molecular formula is C31H40N8O3. The molecular weight excluding hydrogens is 532 g/mol. The molecule has 1 aromatic heterocycles. The van der Waals surface area contributed by atoms with Crippen molar-refractivity contribution < 1.29 is 14.3 Å². The van der Waals surface area contributed by atoms with Gasteiger partial charge < -0.3 is 40.1 Å². The third kappa shape index (κ3) is 6.59. The van der Waals surface area contributed by atoms with Crippen molar-refractivity contribution in [1.82, 2.24) is 14.9 Å². The molecule has 0 unspecified atom stereocenters. The van der Waals surface area contributed by atoms with E-state index in [1.54, 1.807) is 0 Å². The van der Waals surface area contributed by atoms with Crippen molar-refractivity contribution in [2.45, 2.75) is 32.0 Å². The molecule has 4 heterocycles. The number of rotatable bonds is 7. The van der Waals surface area contributed by atoms with E-state index in [9.17, 15) is 4.79 Å².